The van der Waals surface area contributed by atoms with E-state index in [1.165, 1.54) is 12.8 Å². The van der Waals surface area contributed by atoms with Crippen LogP contribution in [0.2, 0.25) is 0 Å². The standard InChI is InChI=1S/C15H26BrNO/c1-3-5-11(6-4-2)15(18)17-13-7-8-14(17)10-12(16)9-13/h11-14H,3-10H2,1-2H3. The smallest absolute Gasteiger partial charge is 0.226 e. The first-order valence-electron chi connectivity index (χ1n) is 7.63. The Morgan fingerprint density at radius 2 is 1.67 bits per heavy atom. The van der Waals surface area contributed by atoms with Crippen LogP contribution >= 0.6 is 15.9 Å². The van der Waals surface area contributed by atoms with Gasteiger partial charge in [0.15, 0.2) is 0 Å². The molecule has 1 amide bonds. The maximum absolute atomic E-state index is 12.8. The van der Waals surface area contributed by atoms with Crippen LogP contribution in [0.4, 0.5) is 0 Å². The van der Waals surface area contributed by atoms with Gasteiger partial charge in [0.1, 0.15) is 0 Å². The minimum Gasteiger partial charge on any atom is -0.336 e. The first kappa shape index (κ1) is 14.4. The highest BCUT2D eigenvalue weighted by Gasteiger charge is 2.43. The van der Waals surface area contributed by atoms with E-state index in [2.05, 4.69) is 34.7 Å². The number of fused-ring (bicyclic) bond motifs is 2. The average molecular weight is 316 g/mol. The van der Waals surface area contributed by atoms with Gasteiger partial charge in [-0.1, -0.05) is 42.6 Å². The second-order valence-electron chi connectivity index (χ2n) is 5.97. The number of halogens is 1. The van der Waals surface area contributed by atoms with E-state index in [1.54, 1.807) is 0 Å². The molecule has 2 unspecified atom stereocenters. The third-order valence-corrected chi connectivity index (χ3v) is 5.30. The van der Waals surface area contributed by atoms with Gasteiger partial charge in [0, 0.05) is 22.8 Å². The number of hydrogen-bond donors (Lipinski definition) is 0. The van der Waals surface area contributed by atoms with Gasteiger partial charge in [-0.25, -0.2) is 0 Å². The predicted octanol–water partition coefficient (Wildman–Crippen LogP) is 4.12. The van der Waals surface area contributed by atoms with Crippen molar-refractivity contribution >= 4 is 21.8 Å². The third-order valence-electron chi connectivity index (χ3n) is 4.55. The van der Waals surface area contributed by atoms with Crippen LogP contribution in [-0.2, 0) is 4.79 Å². The summed E-state index contributed by atoms with van der Waals surface area (Å²) in [6.07, 6.45) is 9.16. The van der Waals surface area contributed by atoms with Crippen molar-refractivity contribution in [1.29, 1.82) is 0 Å². The normalized spacial score (nSPS) is 31.1. The molecule has 0 aromatic heterocycles. The molecule has 0 aliphatic carbocycles. The van der Waals surface area contributed by atoms with Crippen molar-refractivity contribution in [1.82, 2.24) is 4.90 Å². The quantitative estimate of drug-likeness (QED) is 0.699. The molecule has 2 rings (SSSR count). The van der Waals surface area contributed by atoms with Gasteiger partial charge in [-0.2, -0.15) is 0 Å². The molecule has 3 heteroatoms. The van der Waals surface area contributed by atoms with Crippen LogP contribution in [0.15, 0.2) is 0 Å². The Kier molecular flexibility index (Phi) is 5.11. The number of carbonyl (C=O) groups is 1. The summed E-state index contributed by atoms with van der Waals surface area (Å²) in [4.78, 5) is 15.7. The fourth-order valence-electron chi connectivity index (χ4n) is 3.77. The largest absolute Gasteiger partial charge is 0.336 e. The van der Waals surface area contributed by atoms with E-state index in [1.807, 2.05) is 0 Å². The molecule has 0 N–H and O–H groups in total. The highest BCUT2D eigenvalue weighted by molar-refractivity contribution is 9.09. The zero-order chi connectivity index (χ0) is 13.1. The molecule has 104 valence electrons. The predicted molar refractivity (Wildman–Crippen MR) is 78.9 cm³/mol. The Morgan fingerprint density at radius 3 is 2.11 bits per heavy atom. The number of hydrogen-bond acceptors (Lipinski definition) is 1. The molecule has 0 spiro atoms. The second-order valence-corrected chi connectivity index (χ2v) is 7.27. The Bertz CT molecular complexity index is 274. The molecule has 0 saturated carbocycles. The molecule has 2 fully saturated rings. The van der Waals surface area contributed by atoms with Crippen molar-refractivity contribution in [2.45, 2.75) is 82.1 Å². The van der Waals surface area contributed by atoms with Crippen molar-refractivity contribution in [2.75, 3.05) is 0 Å². The summed E-state index contributed by atoms with van der Waals surface area (Å²) in [6.45, 7) is 4.38. The van der Waals surface area contributed by atoms with E-state index >= 15 is 0 Å². The van der Waals surface area contributed by atoms with E-state index < -0.39 is 0 Å². The average Bonchev–Trinajstić information content (AvgIpc) is 2.60. The molecule has 0 aromatic rings. The SMILES string of the molecule is CCCC(CCC)C(=O)N1C2CCC1CC(Br)C2. The minimum absolute atomic E-state index is 0.287. The topological polar surface area (TPSA) is 20.3 Å². The molecule has 2 bridgehead atoms. The van der Waals surface area contributed by atoms with Crippen molar-refractivity contribution in [3.63, 3.8) is 0 Å². The van der Waals surface area contributed by atoms with Gasteiger partial charge in [-0.15, -0.1) is 0 Å². The molecule has 0 aromatic carbocycles. The first-order chi connectivity index (χ1) is 8.67. The van der Waals surface area contributed by atoms with Crippen molar-refractivity contribution in [3.8, 4) is 0 Å². The second kappa shape index (κ2) is 6.40. The van der Waals surface area contributed by atoms with Crippen molar-refractivity contribution < 1.29 is 4.79 Å². The fourth-order valence-corrected chi connectivity index (χ4v) is 4.63. The van der Waals surface area contributed by atoms with Crippen molar-refractivity contribution in [2.24, 2.45) is 5.92 Å². The van der Waals surface area contributed by atoms with Gasteiger partial charge in [0.25, 0.3) is 0 Å². The summed E-state index contributed by atoms with van der Waals surface area (Å²) in [5.41, 5.74) is 0. The van der Waals surface area contributed by atoms with Gasteiger partial charge < -0.3 is 4.90 Å². The van der Waals surface area contributed by atoms with Gasteiger partial charge in [-0.05, 0) is 38.5 Å². The minimum atomic E-state index is 0.287. The van der Waals surface area contributed by atoms with Gasteiger partial charge in [0.05, 0.1) is 0 Å². The summed E-state index contributed by atoms with van der Waals surface area (Å²) in [5, 5.41) is 0. The zero-order valence-corrected chi connectivity index (χ0v) is 13.3. The lowest BCUT2D eigenvalue weighted by Gasteiger charge is -2.39. The molecule has 0 radical (unpaired) electrons. The van der Waals surface area contributed by atoms with Gasteiger partial charge >= 0.3 is 0 Å². The number of amides is 1. The lowest BCUT2D eigenvalue weighted by molar-refractivity contribution is -0.140. The van der Waals surface area contributed by atoms with Crippen molar-refractivity contribution in [3.05, 3.63) is 0 Å². The summed E-state index contributed by atoms with van der Waals surface area (Å²) in [5.74, 6) is 0.751. The third kappa shape index (κ3) is 2.92. The van der Waals surface area contributed by atoms with Crippen LogP contribution in [0, 0.1) is 5.92 Å². The lowest BCUT2D eigenvalue weighted by Crippen LogP contribution is -2.49. The lowest BCUT2D eigenvalue weighted by atomic mass is 9.93. The molecular formula is C15H26BrNO. The summed E-state index contributed by atoms with van der Waals surface area (Å²) < 4.78 is 0. The van der Waals surface area contributed by atoms with Crippen LogP contribution in [0.3, 0.4) is 0 Å². The van der Waals surface area contributed by atoms with Crippen LogP contribution in [-0.4, -0.2) is 27.7 Å². The van der Waals surface area contributed by atoms with Gasteiger partial charge in [-0.3, -0.25) is 4.79 Å². The molecule has 2 atom stereocenters. The molecule has 18 heavy (non-hydrogen) atoms. The summed E-state index contributed by atoms with van der Waals surface area (Å²) in [7, 11) is 0. The Hall–Kier alpha value is -0.0500. The van der Waals surface area contributed by atoms with E-state index in [9.17, 15) is 4.79 Å². The van der Waals surface area contributed by atoms with E-state index in [0.29, 0.717) is 22.8 Å². The summed E-state index contributed by atoms with van der Waals surface area (Å²) in [6, 6.07) is 1.05. The zero-order valence-electron chi connectivity index (χ0n) is 11.7. The summed E-state index contributed by atoms with van der Waals surface area (Å²) >= 11 is 3.75. The molecule has 2 heterocycles. The number of nitrogens with zero attached hydrogens (tertiary/aromatic N) is 1. The Morgan fingerprint density at radius 1 is 1.17 bits per heavy atom. The number of carbonyl (C=O) groups excluding carboxylic acids is 1. The number of alkyl halides is 1. The Labute approximate surface area is 120 Å². The fraction of sp³-hybridized carbons (Fsp3) is 0.933. The highest BCUT2D eigenvalue weighted by Crippen LogP contribution is 2.39. The molecule has 2 aliphatic rings. The maximum Gasteiger partial charge on any atom is 0.226 e. The monoisotopic (exact) mass is 315 g/mol. The number of rotatable bonds is 5. The van der Waals surface area contributed by atoms with E-state index in [0.717, 1.165) is 38.5 Å². The molecule has 2 aliphatic heterocycles. The Balaban J connectivity index is 2.03. The van der Waals surface area contributed by atoms with Crippen LogP contribution in [0.1, 0.15) is 65.2 Å². The highest BCUT2D eigenvalue weighted by atomic mass is 79.9. The van der Waals surface area contributed by atoms with E-state index in [-0.39, 0.29) is 5.92 Å². The van der Waals surface area contributed by atoms with E-state index in [4.69, 9.17) is 0 Å². The van der Waals surface area contributed by atoms with Crippen LogP contribution in [0.5, 0.6) is 0 Å². The van der Waals surface area contributed by atoms with Crippen LogP contribution in [0.25, 0.3) is 0 Å². The number of piperidine rings is 1. The molecular weight excluding hydrogens is 290 g/mol. The van der Waals surface area contributed by atoms with Gasteiger partial charge in [0.2, 0.25) is 5.91 Å². The molecule has 2 saturated heterocycles. The van der Waals surface area contributed by atoms with Crippen LogP contribution < -0.4 is 0 Å². The molecule has 2 nitrogen and oxygen atoms in total. The maximum atomic E-state index is 12.8. The first-order valence-corrected chi connectivity index (χ1v) is 8.55.